The molecule has 8 nitrogen and oxygen atoms in total. The average Bonchev–Trinajstić information content (AvgIpc) is 3.03. The molecule has 1 aliphatic heterocycles. The van der Waals surface area contributed by atoms with Gasteiger partial charge in [-0.1, -0.05) is 19.3 Å². The molecule has 2 heterocycles. The van der Waals surface area contributed by atoms with Gasteiger partial charge < -0.3 is 10.6 Å². The largest absolute Gasteiger partial charge is 0.325 e. The minimum absolute atomic E-state index is 0.0999. The van der Waals surface area contributed by atoms with Crippen molar-refractivity contribution in [1.82, 2.24) is 4.98 Å². The second-order valence-electron chi connectivity index (χ2n) is 7.27. The molecule has 1 aromatic heterocycles. The van der Waals surface area contributed by atoms with Crippen LogP contribution in [0.5, 0.6) is 0 Å². The van der Waals surface area contributed by atoms with E-state index in [0.717, 1.165) is 31.2 Å². The lowest BCUT2D eigenvalue weighted by Crippen LogP contribution is -2.23. The molecule has 1 aromatic carbocycles. The number of fused-ring (bicyclic) bond motifs is 1. The molecule has 28 heavy (non-hydrogen) atoms. The highest BCUT2D eigenvalue weighted by Gasteiger charge is 2.39. The van der Waals surface area contributed by atoms with E-state index in [0.29, 0.717) is 11.3 Å². The highest BCUT2D eigenvalue weighted by Crippen LogP contribution is 2.46. The Bertz CT molecular complexity index is 939. The van der Waals surface area contributed by atoms with Gasteiger partial charge in [-0.25, -0.2) is 0 Å². The number of aromatic nitrogens is 1. The van der Waals surface area contributed by atoms with Crippen LogP contribution in [0, 0.1) is 16.0 Å². The van der Waals surface area contributed by atoms with Gasteiger partial charge in [0.15, 0.2) is 0 Å². The first kappa shape index (κ1) is 18.1. The van der Waals surface area contributed by atoms with Gasteiger partial charge in [0.05, 0.1) is 16.5 Å². The third kappa shape index (κ3) is 3.33. The fourth-order valence-electron chi connectivity index (χ4n) is 4.21. The van der Waals surface area contributed by atoms with Crippen LogP contribution >= 0.6 is 0 Å². The molecule has 1 fully saturated rings. The molecule has 0 radical (unpaired) electrons. The second-order valence-corrected chi connectivity index (χ2v) is 7.27. The van der Waals surface area contributed by atoms with Crippen LogP contribution in [0.3, 0.4) is 0 Å². The van der Waals surface area contributed by atoms with E-state index in [9.17, 15) is 19.7 Å². The van der Waals surface area contributed by atoms with Crippen LogP contribution in [0.2, 0.25) is 0 Å². The molecule has 0 saturated heterocycles. The number of carbonyl (C=O) groups is 2. The van der Waals surface area contributed by atoms with E-state index in [1.807, 2.05) is 0 Å². The molecule has 2 N–H and O–H groups in total. The Kier molecular flexibility index (Phi) is 4.77. The number of carbonyl (C=O) groups excluding carboxylic acids is 2. The monoisotopic (exact) mass is 380 g/mol. The Hall–Kier alpha value is -3.29. The fraction of sp³-hybridized carbons (Fsp3) is 0.350. The summed E-state index contributed by atoms with van der Waals surface area (Å²) in [6.07, 6.45) is 8.23. The molecule has 2 aliphatic rings. The normalized spacial score (nSPS) is 19.0. The molecule has 144 valence electrons. The van der Waals surface area contributed by atoms with Gasteiger partial charge in [0, 0.05) is 24.0 Å². The number of rotatable bonds is 4. The minimum atomic E-state index is -0.553. The molecule has 1 saturated carbocycles. The second kappa shape index (κ2) is 7.38. The standard InChI is InChI=1S/C20H20N4O4/c25-19(13-6-8-21-9-7-13)23-16-10-14-15(11-17(16)24(27)28)22-20(26)18(14)12-4-2-1-3-5-12/h6-12,18H,1-5H2,(H,22,26)(H,23,25). The van der Waals surface area contributed by atoms with Crippen LogP contribution < -0.4 is 10.6 Å². The van der Waals surface area contributed by atoms with Crippen molar-refractivity contribution in [2.24, 2.45) is 5.92 Å². The third-order valence-corrected chi connectivity index (χ3v) is 5.55. The van der Waals surface area contributed by atoms with Crippen molar-refractivity contribution in [1.29, 1.82) is 0 Å². The van der Waals surface area contributed by atoms with E-state index in [1.54, 1.807) is 6.07 Å². The average molecular weight is 380 g/mol. The van der Waals surface area contributed by atoms with Crippen LogP contribution in [-0.2, 0) is 4.79 Å². The van der Waals surface area contributed by atoms with Crippen molar-refractivity contribution < 1.29 is 14.5 Å². The number of hydrogen-bond acceptors (Lipinski definition) is 5. The maximum Gasteiger partial charge on any atom is 0.294 e. The molecule has 0 spiro atoms. The quantitative estimate of drug-likeness (QED) is 0.617. The Morgan fingerprint density at radius 2 is 1.89 bits per heavy atom. The molecule has 1 atom stereocenters. The molecule has 2 aromatic rings. The number of nitrogens with zero attached hydrogens (tertiary/aromatic N) is 2. The maximum atomic E-state index is 12.6. The van der Waals surface area contributed by atoms with Gasteiger partial charge in [0.25, 0.3) is 11.6 Å². The van der Waals surface area contributed by atoms with Gasteiger partial charge in [0.1, 0.15) is 5.69 Å². The Morgan fingerprint density at radius 1 is 1.18 bits per heavy atom. The lowest BCUT2D eigenvalue weighted by molar-refractivity contribution is -0.383. The predicted octanol–water partition coefficient (Wildman–Crippen LogP) is 3.86. The number of pyridine rings is 1. The number of nitrogens with one attached hydrogen (secondary N) is 2. The van der Waals surface area contributed by atoms with Crippen molar-refractivity contribution >= 4 is 28.9 Å². The van der Waals surface area contributed by atoms with Gasteiger partial charge in [0.2, 0.25) is 5.91 Å². The first-order valence-electron chi connectivity index (χ1n) is 9.39. The third-order valence-electron chi connectivity index (χ3n) is 5.55. The topological polar surface area (TPSA) is 114 Å². The molecular weight excluding hydrogens is 360 g/mol. The van der Waals surface area contributed by atoms with Crippen molar-refractivity contribution in [2.45, 2.75) is 38.0 Å². The zero-order valence-electron chi connectivity index (χ0n) is 15.2. The molecule has 4 rings (SSSR count). The first-order chi connectivity index (χ1) is 13.5. The number of benzene rings is 1. The van der Waals surface area contributed by atoms with Crippen LogP contribution in [0.15, 0.2) is 36.7 Å². The van der Waals surface area contributed by atoms with E-state index >= 15 is 0 Å². The highest BCUT2D eigenvalue weighted by molar-refractivity contribution is 6.08. The van der Waals surface area contributed by atoms with Crippen molar-refractivity contribution in [3.63, 3.8) is 0 Å². The Balaban J connectivity index is 1.70. The van der Waals surface area contributed by atoms with Crippen molar-refractivity contribution in [3.8, 4) is 0 Å². The van der Waals surface area contributed by atoms with Gasteiger partial charge >= 0.3 is 0 Å². The summed E-state index contributed by atoms with van der Waals surface area (Å²) in [6.45, 7) is 0. The van der Waals surface area contributed by atoms with Crippen molar-refractivity contribution in [2.75, 3.05) is 10.6 Å². The molecule has 2 amide bonds. The summed E-state index contributed by atoms with van der Waals surface area (Å²) in [7, 11) is 0. The predicted molar refractivity (Wildman–Crippen MR) is 103 cm³/mol. The summed E-state index contributed by atoms with van der Waals surface area (Å²) in [5, 5.41) is 17.0. The molecular formula is C20H20N4O4. The van der Waals surface area contributed by atoms with E-state index < -0.39 is 10.8 Å². The lowest BCUT2D eigenvalue weighted by Gasteiger charge is -2.26. The van der Waals surface area contributed by atoms with E-state index in [1.165, 1.54) is 37.0 Å². The van der Waals surface area contributed by atoms with Gasteiger partial charge in [-0.15, -0.1) is 0 Å². The Morgan fingerprint density at radius 3 is 2.57 bits per heavy atom. The Labute approximate surface area is 161 Å². The summed E-state index contributed by atoms with van der Waals surface area (Å²) in [5.74, 6) is -0.682. The fourth-order valence-corrected chi connectivity index (χ4v) is 4.21. The maximum absolute atomic E-state index is 12.6. The molecule has 0 bridgehead atoms. The number of hydrogen-bond donors (Lipinski definition) is 2. The number of anilines is 2. The summed E-state index contributed by atoms with van der Waals surface area (Å²) in [4.78, 5) is 39.9. The summed E-state index contributed by atoms with van der Waals surface area (Å²) in [6, 6.07) is 6.00. The highest BCUT2D eigenvalue weighted by atomic mass is 16.6. The zero-order valence-corrected chi connectivity index (χ0v) is 15.2. The zero-order chi connectivity index (χ0) is 19.7. The van der Waals surface area contributed by atoms with E-state index in [4.69, 9.17) is 0 Å². The summed E-state index contributed by atoms with van der Waals surface area (Å²) >= 11 is 0. The lowest BCUT2D eigenvalue weighted by atomic mass is 9.77. The summed E-state index contributed by atoms with van der Waals surface area (Å²) < 4.78 is 0. The molecule has 1 unspecified atom stereocenters. The van der Waals surface area contributed by atoms with Crippen LogP contribution in [-0.4, -0.2) is 21.7 Å². The molecule has 8 heteroatoms. The SMILES string of the molecule is O=C(Nc1cc2c(cc1[N+](=O)[O-])NC(=O)C2C1CCCCC1)c1ccncc1. The number of nitro benzene ring substituents is 1. The van der Waals surface area contributed by atoms with E-state index in [2.05, 4.69) is 15.6 Å². The first-order valence-corrected chi connectivity index (χ1v) is 9.39. The minimum Gasteiger partial charge on any atom is -0.325 e. The smallest absolute Gasteiger partial charge is 0.294 e. The van der Waals surface area contributed by atoms with Crippen molar-refractivity contribution in [3.05, 3.63) is 57.9 Å². The number of amides is 2. The summed E-state index contributed by atoms with van der Waals surface area (Å²) in [5.41, 5.74) is 1.40. The van der Waals surface area contributed by atoms with Crippen LogP contribution in [0.4, 0.5) is 17.1 Å². The van der Waals surface area contributed by atoms with Crippen LogP contribution in [0.25, 0.3) is 0 Å². The van der Waals surface area contributed by atoms with Gasteiger partial charge in [-0.2, -0.15) is 0 Å². The van der Waals surface area contributed by atoms with Gasteiger partial charge in [-0.3, -0.25) is 24.7 Å². The van der Waals surface area contributed by atoms with E-state index in [-0.39, 0.29) is 29.1 Å². The molecule has 1 aliphatic carbocycles. The number of nitro groups is 1. The van der Waals surface area contributed by atoms with Gasteiger partial charge in [-0.05, 0) is 42.5 Å². The van der Waals surface area contributed by atoms with Crippen LogP contribution in [0.1, 0.15) is 53.9 Å².